The summed E-state index contributed by atoms with van der Waals surface area (Å²) in [6.07, 6.45) is 6.44. The molecule has 30 heavy (non-hydrogen) atoms. The monoisotopic (exact) mass is 418 g/mol. The zero-order valence-corrected chi connectivity index (χ0v) is 17.2. The number of nitrogens with one attached hydrogen (secondary N) is 1. The maximum Gasteiger partial charge on any atom is 0.246 e. The summed E-state index contributed by atoms with van der Waals surface area (Å²) in [5.41, 5.74) is 2.53. The van der Waals surface area contributed by atoms with Crippen LogP contribution in [0.5, 0.6) is 0 Å². The molecule has 2 amide bonds. The molecule has 4 rings (SSSR count). The second-order valence-electron chi connectivity index (χ2n) is 7.09. The van der Waals surface area contributed by atoms with E-state index in [2.05, 4.69) is 15.3 Å². The number of carbonyl (C=O) groups excluding carboxylic acids is 2. The highest BCUT2D eigenvalue weighted by molar-refractivity contribution is 7.14. The molecule has 0 spiro atoms. The van der Waals surface area contributed by atoms with Crippen LogP contribution in [0.15, 0.2) is 66.2 Å². The molecule has 0 saturated carbocycles. The first kappa shape index (κ1) is 20.0. The van der Waals surface area contributed by atoms with Crippen LogP contribution in [0, 0.1) is 5.92 Å². The Hall–Kier alpha value is -3.32. The highest BCUT2D eigenvalue weighted by Gasteiger charge is 2.27. The number of piperidine rings is 1. The number of anilines is 1. The molecule has 0 radical (unpaired) electrons. The molecule has 1 aliphatic heterocycles. The van der Waals surface area contributed by atoms with Gasteiger partial charge < -0.3 is 10.2 Å². The first-order chi connectivity index (χ1) is 14.7. The maximum atomic E-state index is 12.6. The van der Waals surface area contributed by atoms with Crippen LogP contribution in [0.4, 0.5) is 5.13 Å². The first-order valence-corrected chi connectivity index (χ1v) is 10.8. The molecule has 1 fully saturated rings. The van der Waals surface area contributed by atoms with E-state index < -0.39 is 0 Å². The highest BCUT2D eigenvalue weighted by Crippen LogP contribution is 2.25. The van der Waals surface area contributed by atoms with Crippen molar-refractivity contribution in [1.29, 1.82) is 0 Å². The van der Waals surface area contributed by atoms with E-state index in [9.17, 15) is 9.59 Å². The van der Waals surface area contributed by atoms with Crippen LogP contribution in [0.1, 0.15) is 18.4 Å². The summed E-state index contributed by atoms with van der Waals surface area (Å²) in [6.45, 7) is 1.15. The maximum absolute atomic E-state index is 12.6. The first-order valence-electron chi connectivity index (χ1n) is 9.89. The van der Waals surface area contributed by atoms with Gasteiger partial charge in [0.05, 0.1) is 5.69 Å². The predicted octanol–water partition coefficient (Wildman–Crippen LogP) is 4.10. The number of carbonyl (C=O) groups is 2. The lowest BCUT2D eigenvalue weighted by Crippen LogP contribution is -2.40. The van der Waals surface area contributed by atoms with Crippen LogP contribution in [-0.4, -0.2) is 39.8 Å². The Morgan fingerprint density at radius 2 is 1.80 bits per heavy atom. The number of rotatable bonds is 5. The van der Waals surface area contributed by atoms with Crippen LogP contribution in [0.2, 0.25) is 0 Å². The topological polar surface area (TPSA) is 75.2 Å². The standard InChI is InChI=1S/C23H22N4O2S/c28-21(10-9-17-6-2-1-3-7-17)27-14-11-18(12-15-27)22(29)26-23-25-20(16-30-23)19-8-4-5-13-24-19/h1-10,13,16,18H,11-12,14-15H2,(H,25,26,29)/b10-9+. The van der Waals surface area contributed by atoms with Crippen molar-refractivity contribution in [2.75, 3.05) is 18.4 Å². The minimum absolute atomic E-state index is 0.0161. The van der Waals surface area contributed by atoms with Crippen molar-refractivity contribution in [3.05, 3.63) is 71.7 Å². The summed E-state index contributed by atoms with van der Waals surface area (Å²) >= 11 is 1.39. The molecule has 1 saturated heterocycles. The van der Waals surface area contributed by atoms with Gasteiger partial charge in [-0.3, -0.25) is 14.6 Å². The number of pyridine rings is 1. The van der Waals surface area contributed by atoms with Crippen LogP contribution in [0.25, 0.3) is 17.5 Å². The smallest absolute Gasteiger partial charge is 0.246 e. The SMILES string of the molecule is O=C(Nc1nc(-c2ccccn2)cs1)C1CCN(C(=O)/C=C/c2ccccc2)CC1. The third-order valence-electron chi connectivity index (χ3n) is 5.06. The average Bonchev–Trinajstić information content (AvgIpc) is 3.27. The number of benzene rings is 1. The quantitative estimate of drug-likeness (QED) is 0.633. The van der Waals surface area contributed by atoms with Gasteiger partial charge in [-0.05, 0) is 36.6 Å². The van der Waals surface area contributed by atoms with E-state index in [1.54, 1.807) is 17.2 Å². The Morgan fingerprint density at radius 1 is 1.03 bits per heavy atom. The normalized spacial score (nSPS) is 14.7. The third-order valence-corrected chi connectivity index (χ3v) is 5.81. The Bertz CT molecular complexity index is 1030. The Morgan fingerprint density at radius 3 is 2.53 bits per heavy atom. The molecule has 6 nitrogen and oxygen atoms in total. The molecule has 152 valence electrons. The van der Waals surface area contributed by atoms with Gasteiger partial charge in [-0.2, -0.15) is 0 Å². The minimum Gasteiger partial charge on any atom is -0.339 e. The largest absolute Gasteiger partial charge is 0.339 e. The molecule has 0 aliphatic carbocycles. The van der Waals surface area contributed by atoms with Crippen LogP contribution in [-0.2, 0) is 9.59 Å². The lowest BCUT2D eigenvalue weighted by molar-refractivity contribution is -0.130. The number of thiazole rings is 1. The molecular formula is C23H22N4O2S. The number of hydrogen-bond acceptors (Lipinski definition) is 5. The fourth-order valence-corrected chi connectivity index (χ4v) is 4.08. The van der Waals surface area contributed by atoms with Gasteiger partial charge in [0.2, 0.25) is 11.8 Å². The number of aromatic nitrogens is 2. The van der Waals surface area contributed by atoms with E-state index in [1.807, 2.05) is 60.0 Å². The molecule has 3 heterocycles. The van der Waals surface area contributed by atoms with Gasteiger partial charge in [0.25, 0.3) is 0 Å². The number of nitrogens with zero attached hydrogens (tertiary/aromatic N) is 3. The van der Waals surface area contributed by atoms with E-state index in [1.165, 1.54) is 11.3 Å². The Balaban J connectivity index is 1.28. The molecule has 2 aromatic heterocycles. The van der Waals surface area contributed by atoms with Crippen molar-refractivity contribution in [3.63, 3.8) is 0 Å². The third kappa shape index (κ3) is 4.99. The van der Waals surface area contributed by atoms with Gasteiger partial charge in [-0.1, -0.05) is 36.4 Å². The molecule has 1 aromatic carbocycles. The lowest BCUT2D eigenvalue weighted by Gasteiger charge is -2.30. The molecule has 1 aliphatic rings. The minimum atomic E-state index is -0.116. The summed E-state index contributed by atoms with van der Waals surface area (Å²) in [4.78, 5) is 35.6. The summed E-state index contributed by atoms with van der Waals surface area (Å²) in [5.74, 6) is -0.171. The molecular weight excluding hydrogens is 396 g/mol. The second kappa shape index (κ2) is 9.45. The van der Waals surface area contributed by atoms with Crippen molar-refractivity contribution in [1.82, 2.24) is 14.9 Å². The van der Waals surface area contributed by atoms with Gasteiger partial charge >= 0.3 is 0 Å². The molecule has 1 N–H and O–H groups in total. The Kier molecular flexibility index (Phi) is 6.29. The second-order valence-corrected chi connectivity index (χ2v) is 7.94. The van der Waals surface area contributed by atoms with Crippen molar-refractivity contribution in [2.24, 2.45) is 5.92 Å². The number of likely N-dealkylation sites (tertiary alicyclic amines) is 1. The van der Waals surface area contributed by atoms with E-state index in [-0.39, 0.29) is 17.7 Å². The number of amides is 2. The summed E-state index contributed by atoms with van der Waals surface area (Å²) in [6, 6.07) is 15.4. The van der Waals surface area contributed by atoms with E-state index in [4.69, 9.17) is 0 Å². The zero-order valence-electron chi connectivity index (χ0n) is 16.4. The van der Waals surface area contributed by atoms with Crippen molar-refractivity contribution < 1.29 is 9.59 Å². The van der Waals surface area contributed by atoms with Gasteiger partial charge in [0.15, 0.2) is 5.13 Å². The van der Waals surface area contributed by atoms with Gasteiger partial charge in [0, 0.05) is 36.7 Å². The van der Waals surface area contributed by atoms with E-state index in [0.717, 1.165) is 17.0 Å². The predicted molar refractivity (Wildman–Crippen MR) is 119 cm³/mol. The van der Waals surface area contributed by atoms with Gasteiger partial charge in [-0.15, -0.1) is 11.3 Å². The van der Waals surface area contributed by atoms with Crippen molar-refractivity contribution >= 4 is 34.4 Å². The molecule has 7 heteroatoms. The fourth-order valence-electron chi connectivity index (χ4n) is 3.37. The molecule has 0 unspecified atom stereocenters. The van der Waals surface area contributed by atoms with E-state index >= 15 is 0 Å². The van der Waals surface area contributed by atoms with Crippen LogP contribution >= 0.6 is 11.3 Å². The summed E-state index contributed by atoms with van der Waals surface area (Å²) < 4.78 is 0. The van der Waals surface area contributed by atoms with Crippen LogP contribution < -0.4 is 5.32 Å². The summed E-state index contributed by atoms with van der Waals surface area (Å²) in [5, 5.41) is 5.38. The average molecular weight is 419 g/mol. The highest BCUT2D eigenvalue weighted by atomic mass is 32.1. The Labute approximate surface area is 179 Å². The van der Waals surface area contributed by atoms with Crippen molar-refractivity contribution in [2.45, 2.75) is 12.8 Å². The van der Waals surface area contributed by atoms with Crippen LogP contribution in [0.3, 0.4) is 0 Å². The van der Waals surface area contributed by atoms with E-state index in [0.29, 0.717) is 31.1 Å². The molecule has 0 bridgehead atoms. The fraction of sp³-hybridized carbons (Fsp3) is 0.217. The van der Waals surface area contributed by atoms with Gasteiger partial charge in [-0.25, -0.2) is 4.98 Å². The van der Waals surface area contributed by atoms with Crippen molar-refractivity contribution in [3.8, 4) is 11.4 Å². The molecule has 0 atom stereocenters. The zero-order chi connectivity index (χ0) is 20.8. The summed E-state index contributed by atoms with van der Waals surface area (Å²) in [7, 11) is 0. The lowest BCUT2D eigenvalue weighted by atomic mass is 9.96. The number of hydrogen-bond donors (Lipinski definition) is 1. The molecule has 3 aromatic rings. The van der Waals surface area contributed by atoms with Gasteiger partial charge in [0.1, 0.15) is 5.69 Å².